The van der Waals surface area contributed by atoms with E-state index in [4.69, 9.17) is 0 Å². The molecule has 1 aromatic carbocycles. The lowest BCUT2D eigenvalue weighted by molar-refractivity contribution is 0.0663. The van der Waals surface area contributed by atoms with Crippen LogP contribution < -0.4 is 0 Å². The first-order valence-electron chi connectivity index (χ1n) is 5.40. The van der Waals surface area contributed by atoms with Crippen molar-refractivity contribution in [2.24, 2.45) is 0 Å². The van der Waals surface area contributed by atoms with Crippen LogP contribution >= 0.6 is 31.9 Å². The number of carbonyl (C=O) groups is 1. The molecule has 0 unspecified atom stereocenters. The predicted octanol–water partition coefficient (Wildman–Crippen LogP) is 4.00. The van der Waals surface area contributed by atoms with Gasteiger partial charge in [0.25, 0.3) is 5.91 Å². The monoisotopic (exact) mass is 361 g/mol. The molecule has 1 rings (SSSR count). The topological polar surface area (TPSA) is 20.3 Å². The van der Waals surface area contributed by atoms with Gasteiger partial charge in [0.15, 0.2) is 0 Å². The number of halogens is 2. The minimum atomic E-state index is -0.198. The van der Waals surface area contributed by atoms with Crippen molar-refractivity contribution in [1.29, 1.82) is 0 Å². The lowest BCUT2D eigenvalue weighted by Crippen LogP contribution is -2.46. The molecule has 0 aliphatic rings. The zero-order valence-corrected chi connectivity index (χ0v) is 13.7. The van der Waals surface area contributed by atoms with Crippen LogP contribution in [0.2, 0.25) is 0 Å². The van der Waals surface area contributed by atoms with Crippen LogP contribution in [0.5, 0.6) is 0 Å². The Morgan fingerprint density at radius 2 is 2.00 bits per heavy atom. The van der Waals surface area contributed by atoms with Gasteiger partial charge in [-0.15, -0.1) is 0 Å². The predicted molar refractivity (Wildman–Crippen MR) is 78.8 cm³/mol. The Balaban J connectivity index is 3.05. The second-order valence-electron chi connectivity index (χ2n) is 4.77. The van der Waals surface area contributed by atoms with E-state index in [2.05, 4.69) is 31.9 Å². The van der Waals surface area contributed by atoms with E-state index in [1.807, 2.05) is 46.0 Å². The number of amides is 1. The van der Waals surface area contributed by atoms with Crippen LogP contribution in [0, 0.1) is 6.92 Å². The fourth-order valence-electron chi connectivity index (χ4n) is 1.41. The third kappa shape index (κ3) is 3.32. The molecule has 0 aliphatic heterocycles. The zero-order valence-electron chi connectivity index (χ0n) is 10.6. The molecule has 1 amide bonds. The highest BCUT2D eigenvalue weighted by Gasteiger charge is 2.27. The highest BCUT2D eigenvalue weighted by atomic mass is 79.9. The molecule has 0 aliphatic carbocycles. The molecule has 0 aromatic heterocycles. The summed E-state index contributed by atoms with van der Waals surface area (Å²) in [5.74, 6) is 0.0550. The summed E-state index contributed by atoms with van der Waals surface area (Å²) in [6, 6.07) is 5.72. The fourth-order valence-corrected chi connectivity index (χ4v) is 2.26. The van der Waals surface area contributed by atoms with Crippen molar-refractivity contribution >= 4 is 37.8 Å². The van der Waals surface area contributed by atoms with E-state index in [-0.39, 0.29) is 11.4 Å². The third-order valence-electron chi connectivity index (χ3n) is 2.96. The standard InChI is InChI=1S/C13H17Br2NO/c1-9-7-10(15)5-6-11(9)12(17)16(4)13(2,3)8-14/h5-7H,8H2,1-4H3. The van der Waals surface area contributed by atoms with Crippen LogP contribution in [0.4, 0.5) is 0 Å². The molecule has 94 valence electrons. The molecule has 4 heteroatoms. The minimum absolute atomic E-state index is 0.0550. The first-order valence-corrected chi connectivity index (χ1v) is 7.31. The highest BCUT2D eigenvalue weighted by molar-refractivity contribution is 9.10. The first kappa shape index (κ1) is 14.7. The Morgan fingerprint density at radius 3 is 2.47 bits per heavy atom. The molecule has 2 nitrogen and oxygen atoms in total. The molecule has 0 saturated carbocycles. The van der Waals surface area contributed by atoms with E-state index in [0.29, 0.717) is 0 Å². The average molecular weight is 363 g/mol. The van der Waals surface area contributed by atoms with E-state index in [1.165, 1.54) is 0 Å². The lowest BCUT2D eigenvalue weighted by Gasteiger charge is -2.34. The van der Waals surface area contributed by atoms with Crippen LogP contribution in [-0.4, -0.2) is 28.7 Å². The average Bonchev–Trinajstić information content (AvgIpc) is 2.27. The highest BCUT2D eigenvalue weighted by Crippen LogP contribution is 2.22. The van der Waals surface area contributed by atoms with E-state index in [9.17, 15) is 4.79 Å². The molecule has 0 atom stereocenters. The molecule has 0 radical (unpaired) electrons. The van der Waals surface area contributed by atoms with Crippen molar-refractivity contribution in [1.82, 2.24) is 4.90 Å². The molecule has 0 saturated heterocycles. The van der Waals surface area contributed by atoms with E-state index < -0.39 is 0 Å². The second kappa shape index (κ2) is 5.53. The summed E-state index contributed by atoms with van der Waals surface area (Å²) in [4.78, 5) is 14.1. The molecule has 0 fully saturated rings. The van der Waals surface area contributed by atoms with Gasteiger partial charge in [-0.2, -0.15) is 0 Å². The Morgan fingerprint density at radius 1 is 1.41 bits per heavy atom. The Labute approximate surface area is 120 Å². The Kier molecular flexibility index (Phi) is 4.78. The molecular formula is C13H17Br2NO. The Hall–Kier alpha value is -0.350. The van der Waals surface area contributed by atoms with Gasteiger partial charge >= 0.3 is 0 Å². The van der Waals surface area contributed by atoms with Crippen molar-refractivity contribution in [3.05, 3.63) is 33.8 Å². The molecule has 1 aromatic rings. The van der Waals surface area contributed by atoms with Gasteiger partial charge in [0.1, 0.15) is 0 Å². The van der Waals surface area contributed by atoms with Crippen LogP contribution in [0.25, 0.3) is 0 Å². The van der Waals surface area contributed by atoms with Crippen molar-refractivity contribution in [2.45, 2.75) is 26.3 Å². The van der Waals surface area contributed by atoms with Gasteiger partial charge in [-0.25, -0.2) is 0 Å². The number of benzene rings is 1. The molecular weight excluding hydrogens is 346 g/mol. The quantitative estimate of drug-likeness (QED) is 0.744. The number of aryl methyl sites for hydroxylation is 1. The van der Waals surface area contributed by atoms with E-state index in [1.54, 1.807) is 4.90 Å². The van der Waals surface area contributed by atoms with Gasteiger partial charge in [0.2, 0.25) is 0 Å². The number of nitrogens with zero attached hydrogens (tertiary/aromatic N) is 1. The van der Waals surface area contributed by atoms with Gasteiger partial charge in [-0.3, -0.25) is 4.79 Å². The summed E-state index contributed by atoms with van der Waals surface area (Å²) in [6.45, 7) is 6.02. The number of hydrogen-bond donors (Lipinski definition) is 0. The second-order valence-corrected chi connectivity index (χ2v) is 6.25. The van der Waals surface area contributed by atoms with Crippen molar-refractivity contribution in [3.8, 4) is 0 Å². The summed E-state index contributed by atoms with van der Waals surface area (Å²) in [7, 11) is 1.84. The van der Waals surface area contributed by atoms with Gasteiger partial charge < -0.3 is 4.90 Å². The van der Waals surface area contributed by atoms with Crippen LogP contribution in [0.3, 0.4) is 0 Å². The summed E-state index contributed by atoms with van der Waals surface area (Å²) in [5, 5.41) is 0.748. The Bertz CT molecular complexity index is 429. The number of hydrogen-bond acceptors (Lipinski definition) is 1. The summed E-state index contributed by atoms with van der Waals surface area (Å²) in [5.41, 5.74) is 1.54. The largest absolute Gasteiger partial charge is 0.336 e. The molecule has 0 N–H and O–H groups in total. The number of carbonyl (C=O) groups excluding carboxylic acids is 1. The summed E-state index contributed by atoms with van der Waals surface area (Å²) in [6.07, 6.45) is 0. The van der Waals surface area contributed by atoms with Crippen LogP contribution in [0.1, 0.15) is 29.8 Å². The molecule has 0 heterocycles. The summed E-state index contributed by atoms with van der Waals surface area (Å²) >= 11 is 6.84. The minimum Gasteiger partial charge on any atom is -0.336 e. The first-order chi connectivity index (χ1) is 7.79. The van der Waals surface area contributed by atoms with Gasteiger partial charge in [0, 0.05) is 28.0 Å². The molecule has 17 heavy (non-hydrogen) atoms. The van der Waals surface area contributed by atoms with Crippen LogP contribution in [0.15, 0.2) is 22.7 Å². The normalized spacial score (nSPS) is 11.4. The SMILES string of the molecule is Cc1cc(Br)ccc1C(=O)N(C)C(C)(C)CBr. The van der Waals surface area contributed by atoms with Crippen LogP contribution in [-0.2, 0) is 0 Å². The van der Waals surface area contributed by atoms with E-state index >= 15 is 0 Å². The smallest absolute Gasteiger partial charge is 0.254 e. The molecule has 0 bridgehead atoms. The van der Waals surface area contributed by atoms with Crippen molar-refractivity contribution < 1.29 is 4.79 Å². The number of alkyl halides is 1. The van der Waals surface area contributed by atoms with Crippen molar-refractivity contribution in [2.75, 3.05) is 12.4 Å². The van der Waals surface area contributed by atoms with Gasteiger partial charge in [-0.1, -0.05) is 31.9 Å². The van der Waals surface area contributed by atoms with Gasteiger partial charge in [-0.05, 0) is 44.5 Å². The molecule has 0 spiro atoms. The van der Waals surface area contributed by atoms with Crippen molar-refractivity contribution in [3.63, 3.8) is 0 Å². The van der Waals surface area contributed by atoms with E-state index in [0.717, 1.165) is 20.9 Å². The zero-order chi connectivity index (χ0) is 13.2. The third-order valence-corrected chi connectivity index (χ3v) is 4.82. The summed E-state index contributed by atoms with van der Waals surface area (Å²) < 4.78 is 0.994. The maximum atomic E-state index is 12.4. The maximum absolute atomic E-state index is 12.4. The lowest BCUT2D eigenvalue weighted by atomic mass is 10.0. The number of rotatable bonds is 3. The fraction of sp³-hybridized carbons (Fsp3) is 0.462. The maximum Gasteiger partial charge on any atom is 0.254 e. The van der Waals surface area contributed by atoms with Gasteiger partial charge in [0.05, 0.1) is 0 Å².